The Hall–Kier alpha value is -4.42. The molecule has 7 nitrogen and oxygen atoms in total. The molecule has 0 aliphatic rings. The molecule has 204 valence electrons. The fraction of sp³-hybridized carbons (Fsp3) is 0.200. The van der Waals surface area contributed by atoms with E-state index in [0.29, 0.717) is 0 Å². The number of phenols is 1. The van der Waals surface area contributed by atoms with E-state index in [-0.39, 0.29) is 23.5 Å². The average molecular weight is 546 g/mol. The van der Waals surface area contributed by atoms with E-state index in [0.717, 1.165) is 50.1 Å². The number of phenolic OH excluding ortho intramolecular Hbond substituents is 1. The second-order valence-electron chi connectivity index (χ2n) is 7.20. The lowest BCUT2D eigenvalue weighted by atomic mass is 10.1. The summed E-state index contributed by atoms with van der Waals surface area (Å²) in [5.41, 5.74) is -0.597. The van der Waals surface area contributed by atoms with Crippen molar-refractivity contribution in [2.75, 3.05) is 14.2 Å². The van der Waals surface area contributed by atoms with Crippen LogP contribution in [0.5, 0.6) is 17.2 Å². The first kappa shape index (κ1) is 29.8. The molecule has 0 saturated carbocycles. The summed E-state index contributed by atoms with van der Waals surface area (Å²) in [6.45, 7) is 0.00148. The van der Waals surface area contributed by atoms with Gasteiger partial charge in [-0.1, -0.05) is 30.3 Å². The predicted octanol–water partition coefficient (Wildman–Crippen LogP) is 6.15. The van der Waals surface area contributed by atoms with Crippen molar-refractivity contribution in [1.82, 2.24) is 0 Å². The minimum Gasteiger partial charge on any atom is -0.504 e. The van der Waals surface area contributed by atoms with E-state index in [1.165, 1.54) is 6.07 Å². The summed E-state index contributed by atoms with van der Waals surface area (Å²) < 4.78 is 92.4. The summed E-state index contributed by atoms with van der Waals surface area (Å²) in [5.74, 6) is -3.56. The standard InChI is InChI=1S/C16H13F3O3.C9H7F3O4/c1-21-15(20)12-7-8-14(13(9-12)16(17,18)19)22-10-11-5-3-2-4-6-11;1-15-8(14)5-2-3-6(13)7(4-5)16-9(10,11)12/h2-9H,10H2,1H3;2-4,13H,1H3. The van der Waals surface area contributed by atoms with Gasteiger partial charge in [-0.15, -0.1) is 13.2 Å². The van der Waals surface area contributed by atoms with Gasteiger partial charge in [0.15, 0.2) is 11.5 Å². The molecule has 0 aliphatic carbocycles. The van der Waals surface area contributed by atoms with Gasteiger partial charge < -0.3 is 24.1 Å². The largest absolute Gasteiger partial charge is 0.573 e. The molecule has 0 radical (unpaired) electrons. The zero-order chi connectivity index (χ0) is 28.5. The first-order valence-electron chi connectivity index (χ1n) is 10.4. The molecule has 13 heteroatoms. The third-order valence-electron chi connectivity index (χ3n) is 4.55. The molecule has 0 aliphatic heterocycles. The Morgan fingerprint density at radius 1 is 0.763 bits per heavy atom. The van der Waals surface area contributed by atoms with Crippen molar-refractivity contribution in [2.45, 2.75) is 19.1 Å². The van der Waals surface area contributed by atoms with Crippen LogP contribution in [0.4, 0.5) is 26.3 Å². The van der Waals surface area contributed by atoms with Crippen molar-refractivity contribution in [3.63, 3.8) is 0 Å². The molecule has 3 rings (SSSR count). The summed E-state index contributed by atoms with van der Waals surface area (Å²) >= 11 is 0. The van der Waals surface area contributed by atoms with E-state index in [1.807, 2.05) is 0 Å². The first-order valence-corrected chi connectivity index (χ1v) is 10.4. The van der Waals surface area contributed by atoms with Crippen LogP contribution in [0.15, 0.2) is 66.7 Å². The van der Waals surface area contributed by atoms with Crippen LogP contribution in [0.2, 0.25) is 0 Å². The van der Waals surface area contributed by atoms with Crippen molar-refractivity contribution in [2.24, 2.45) is 0 Å². The van der Waals surface area contributed by atoms with Crippen LogP contribution >= 0.6 is 0 Å². The Bertz CT molecular complexity index is 1240. The van der Waals surface area contributed by atoms with Crippen molar-refractivity contribution >= 4 is 11.9 Å². The van der Waals surface area contributed by atoms with E-state index >= 15 is 0 Å². The lowest BCUT2D eigenvalue weighted by molar-refractivity contribution is -0.275. The number of halogens is 6. The predicted molar refractivity (Wildman–Crippen MR) is 120 cm³/mol. The number of methoxy groups -OCH3 is 2. The summed E-state index contributed by atoms with van der Waals surface area (Å²) in [6.07, 6.45) is -9.57. The maximum Gasteiger partial charge on any atom is 0.573 e. The molecule has 0 saturated heterocycles. The average Bonchev–Trinajstić information content (AvgIpc) is 2.87. The summed E-state index contributed by atoms with van der Waals surface area (Å²) in [4.78, 5) is 22.4. The number of hydrogen-bond acceptors (Lipinski definition) is 7. The topological polar surface area (TPSA) is 91.3 Å². The number of ether oxygens (including phenoxy) is 4. The van der Waals surface area contributed by atoms with Crippen LogP contribution in [-0.2, 0) is 22.3 Å². The van der Waals surface area contributed by atoms with Gasteiger partial charge in [0.25, 0.3) is 0 Å². The van der Waals surface area contributed by atoms with Gasteiger partial charge in [0, 0.05) is 0 Å². The van der Waals surface area contributed by atoms with Gasteiger partial charge in [0.1, 0.15) is 12.4 Å². The van der Waals surface area contributed by atoms with E-state index in [1.54, 1.807) is 30.3 Å². The van der Waals surface area contributed by atoms with E-state index < -0.39 is 41.5 Å². The molecule has 0 spiro atoms. The number of rotatable bonds is 6. The fourth-order valence-corrected chi connectivity index (χ4v) is 2.82. The van der Waals surface area contributed by atoms with Crippen LogP contribution < -0.4 is 9.47 Å². The summed E-state index contributed by atoms with van der Waals surface area (Å²) in [5, 5.41) is 9.08. The SMILES string of the molecule is COC(=O)c1ccc(O)c(OC(F)(F)F)c1.COC(=O)c1ccc(OCc2ccccc2)c(C(F)(F)F)c1. The zero-order valence-corrected chi connectivity index (χ0v) is 19.7. The van der Waals surface area contributed by atoms with Crippen LogP contribution in [0.3, 0.4) is 0 Å². The normalized spacial score (nSPS) is 11.1. The molecule has 0 aromatic heterocycles. The lowest BCUT2D eigenvalue weighted by Gasteiger charge is -2.15. The van der Waals surface area contributed by atoms with Crippen molar-refractivity contribution in [1.29, 1.82) is 0 Å². The monoisotopic (exact) mass is 546 g/mol. The highest BCUT2D eigenvalue weighted by molar-refractivity contribution is 5.90. The van der Waals surface area contributed by atoms with Gasteiger partial charge in [-0.3, -0.25) is 0 Å². The minimum absolute atomic E-state index is 0.00148. The molecule has 0 amide bonds. The Morgan fingerprint density at radius 3 is 1.84 bits per heavy atom. The summed E-state index contributed by atoms with van der Waals surface area (Å²) in [7, 11) is 2.19. The number of hydrogen-bond donors (Lipinski definition) is 1. The van der Waals surface area contributed by atoms with Gasteiger partial charge in [0.2, 0.25) is 0 Å². The van der Waals surface area contributed by atoms with Crippen molar-refractivity contribution < 1.29 is 60.0 Å². The number of benzene rings is 3. The number of carbonyl (C=O) groups is 2. The molecule has 3 aromatic carbocycles. The molecule has 38 heavy (non-hydrogen) atoms. The highest BCUT2D eigenvalue weighted by Crippen LogP contribution is 2.37. The summed E-state index contributed by atoms with van der Waals surface area (Å²) in [6, 6.07) is 14.7. The maximum atomic E-state index is 13.1. The maximum absolute atomic E-state index is 13.1. The second-order valence-corrected chi connectivity index (χ2v) is 7.20. The van der Waals surface area contributed by atoms with E-state index in [9.17, 15) is 35.9 Å². The third kappa shape index (κ3) is 8.91. The van der Waals surface area contributed by atoms with Crippen LogP contribution in [0.1, 0.15) is 31.8 Å². The van der Waals surface area contributed by atoms with E-state index in [2.05, 4.69) is 14.2 Å². The Labute approximate surface area is 212 Å². The van der Waals surface area contributed by atoms with Crippen LogP contribution in [0, 0.1) is 0 Å². The molecule has 1 N–H and O–H groups in total. The second kappa shape index (κ2) is 12.7. The van der Waals surface area contributed by atoms with Gasteiger partial charge in [-0.25, -0.2) is 9.59 Å². The molecule has 0 fully saturated rings. The zero-order valence-electron chi connectivity index (χ0n) is 19.7. The van der Waals surface area contributed by atoms with E-state index in [4.69, 9.17) is 9.84 Å². The highest BCUT2D eigenvalue weighted by Gasteiger charge is 2.35. The fourth-order valence-electron chi connectivity index (χ4n) is 2.82. The molecule has 0 atom stereocenters. The molecule has 3 aromatic rings. The van der Waals surface area contributed by atoms with Crippen molar-refractivity contribution in [3.8, 4) is 17.2 Å². The molecule has 0 heterocycles. The molecular weight excluding hydrogens is 526 g/mol. The first-order chi connectivity index (χ1) is 17.7. The molecule has 0 bridgehead atoms. The number of carbonyl (C=O) groups excluding carboxylic acids is 2. The highest BCUT2D eigenvalue weighted by atomic mass is 19.4. The Balaban J connectivity index is 0.000000281. The van der Waals surface area contributed by atoms with Gasteiger partial charge in [-0.2, -0.15) is 13.2 Å². The molecule has 0 unspecified atom stereocenters. The van der Waals surface area contributed by atoms with Gasteiger partial charge >= 0.3 is 24.5 Å². The van der Waals surface area contributed by atoms with Crippen LogP contribution in [0.25, 0.3) is 0 Å². The Kier molecular flexibility index (Phi) is 9.96. The number of alkyl halides is 6. The lowest BCUT2D eigenvalue weighted by Crippen LogP contribution is -2.17. The van der Waals surface area contributed by atoms with Crippen LogP contribution in [-0.4, -0.2) is 37.6 Å². The minimum atomic E-state index is -4.94. The Morgan fingerprint density at radius 2 is 1.32 bits per heavy atom. The van der Waals surface area contributed by atoms with Crippen molar-refractivity contribution in [3.05, 3.63) is 89.0 Å². The smallest absolute Gasteiger partial charge is 0.504 e. The van der Waals surface area contributed by atoms with Gasteiger partial charge in [-0.05, 0) is 42.0 Å². The quantitative estimate of drug-likeness (QED) is 0.293. The van der Waals surface area contributed by atoms with Gasteiger partial charge in [0.05, 0.1) is 30.9 Å². The number of aromatic hydroxyl groups is 1. The number of esters is 2. The molecular formula is C25H20F6O7. The third-order valence-corrected chi connectivity index (χ3v) is 4.55.